The van der Waals surface area contributed by atoms with Gasteiger partial charge in [-0.1, -0.05) is 11.6 Å². The molecule has 0 bridgehead atoms. The van der Waals surface area contributed by atoms with Crippen molar-refractivity contribution in [3.8, 4) is 0 Å². The zero-order valence-electron chi connectivity index (χ0n) is 12.9. The smallest absolute Gasteiger partial charge is 0.346 e. The highest BCUT2D eigenvalue weighted by atomic mass is 35.5. The normalized spacial score (nSPS) is 18.8. The van der Waals surface area contributed by atoms with Crippen molar-refractivity contribution in [1.82, 2.24) is 5.32 Å². The van der Waals surface area contributed by atoms with Crippen molar-refractivity contribution in [3.05, 3.63) is 28.5 Å². The molecule has 0 aliphatic heterocycles. The van der Waals surface area contributed by atoms with Crippen molar-refractivity contribution in [2.75, 3.05) is 11.9 Å². The average molecular weight is 458 g/mol. The minimum absolute atomic E-state index is 0.108. The van der Waals surface area contributed by atoms with Gasteiger partial charge >= 0.3 is 12.1 Å². The first-order chi connectivity index (χ1) is 12.2. The van der Waals surface area contributed by atoms with Crippen LogP contribution in [0.1, 0.15) is 16.8 Å². The molecule has 2 rings (SSSR count). The number of carbonyl (C=O) groups is 2. The first-order valence-corrected chi connectivity index (χ1v) is 8.19. The fourth-order valence-corrected chi connectivity index (χ4v) is 2.67. The second-order valence-corrected chi connectivity index (χ2v) is 7.65. The molecular weight excluding hydrogens is 449 g/mol. The first-order valence-electron chi connectivity index (χ1n) is 7.06. The highest BCUT2D eigenvalue weighted by molar-refractivity contribution is 6.52. The molecule has 2 N–H and O–H groups in total. The van der Waals surface area contributed by atoms with Crippen LogP contribution in [0, 0.1) is 11.7 Å². The summed E-state index contributed by atoms with van der Waals surface area (Å²) in [6.45, 7) is -2.05. The molecule has 1 fully saturated rings. The molecule has 0 spiro atoms. The Morgan fingerprint density at radius 2 is 1.74 bits per heavy atom. The predicted molar refractivity (Wildman–Crippen MR) is 85.9 cm³/mol. The van der Waals surface area contributed by atoms with Crippen LogP contribution in [-0.2, 0) is 4.79 Å². The van der Waals surface area contributed by atoms with Gasteiger partial charge in [0, 0.05) is 0 Å². The van der Waals surface area contributed by atoms with Gasteiger partial charge in [-0.05, 0) is 18.6 Å². The minimum Gasteiger partial charge on any atom is -0.346 e. The zero-order chi connectivity index (χ0) is 20.8. The molecular formula is C14H9Cl3F6N2O2. The summed E-state index contributed by atoms with van der Waals surface area (Å²) in [6, 6.07) is 1.29. The Morgan fingerprint density at radius 1 is 1.19 bits per heavy atom. The zero-order valence-corrected chi connectivity index (χ0v) is 15.1. The van der Waals surface area contributed by atoms with Gasteiger partial charge < -0.3 is 10.6 Å². The molecule has 2 amide bonds. The summed E-state index contributed by atoms with van der Waals surface area (Å²) < 4.78 is 74.7. The average Bonchev–Trinajstić information content (AvgIpc) is 3.15. The molecule has 13 heteroatoms. The Balaban J connectivity index is 2.15. The fourth-order valence-electron chi connectivity index (χ4n) is 1.92. The number of alkyl halides is 7. The molecule has 27 heavy (non-hydrogen) atoms. The van der Waals surface area contributed by atoms with E-state index in [0.717, 1.165) is 0 Å². The van der Waals surface area contributed by atoms with E-state index in [2.05, 4.69) is 5.32 Å². The second-order valence-electron chi connectivity index (χ2n) is 5.70. The topological polar surface area (TPSA) is 58.2 Å². The maximum Gasteiger partial charge on any atom is 0.455 e. The summed E-state index contributed by atoms with van der Waals surface area (Å²) >= 11 is 17.0. The second kappa shape index (κ2) is 7.21. The molecule has 0 aromatic heterocycles. The Bertz CT molecular complexity index is 785. The van der Waals surface area contributed by atoms with Gasteiger partial charge in [-0.2, -0.15) is 22.0 Å². The van der Waals surface area contributed by atoms with E-state index in [1.807, 2.05) is 0 Å². The molecule has 0 heterocycles. The van der Waals surface area contributed by atoms with Gasteiger partial charge in [-0.15, -0.1) is 23.2 Å². The Labute approximate surface area is 163 Å². The van der Waals surface area contributed by atoms with E-state index in [9.17, 15) is 35.9 Å². The van der Waals surface area contributed by atoms with E-state index in [-0.39, 0.29) is 6.42 Å². The van der Waals surface area contributed by atoms with Crippen molar-refractivity contribution in [3.63, 3.8) is 0 Å². The lowest BCUT2D eigenvalue weighted by molar-refractivity contribution is -0.278. The minimum atomic E-state index is -5.87. The van der Waals surface area contributed by atoms with Gasteiger partial charge in [0.15, 0.2) is 0 Å². The Hall–Kier alpha value is -1.39. The third-order valence-electron chi connectivity index (χ3n) is 3.59. The highest BCUT2D eigenvalue weighted by Crippen LogP contribution is 2.53. The molecule has 1 aliphatic carbocycles. The number of rotatable bonds is 5. The highest BCUT2D eigenvalue weighted by Gasteiger charge is 2.57. The third-order valence-corrected chi connectivity index (χ3v) is 4.74. The summed E-state index contributed by atoms with van der Waals surface area (Å²) in [5.41, 5.74) is -1.17. The van der Waals surface area contributed by atoms with Crippen molar-refractivity contribution in [1.29, 1.82) is 0 Å². The Kier molecular flexibility index (Phi) is 5.85. The van der Waals surface area contributed by atoms with E-state index in [1.54, 1.807) is 0 Å². The van der Waals surface area contributed by atoms with E-state index < -0.39 is 62.8 Å². The largest absolute Gasteiger partial charge is 0.455 e. The summed E-state index contributed by atoms with van der Waals surface area (Å²) in [7, 11) is 0. The number of benzene rings is 1. The van der Waals surface area contributed by atoms with Crippen LogP contribution in [0.4, 0.5) is 32.0 Å². The van der Waals surface area contributed by atoms with Crippen LogP contribution in [0.15, 0.2) is 12.1 Å². The van der Waals surface area contributed by atoms with Crippen molar-refractivity contribution in [2.45, 2.75) is 22.9 Å². The van der Waals surface area contributed by atoms with Crippen LogP contribution in [0.2, 0.25) is 5.02 Å². The van der Waals surface area contributed by atoms with Crippen LogP contribution in [0.25, 0.3) is 0 Å². The van der Waals surface area contributed by atoms with Crippen LogP contribution in [0.5, 0.6) is 0 Å². The molecule has 1 unspecified atom stereocenters. The van der Waals surface area contributed by atoms with Crippen LogP contribution in [-0.4, -0.2) is 34.8 Å². The van der Waals surface area contributed by atoms with Crippen molar-refractivity contribution < 1.29 is 35.9 Å². The summed E-state index contributed by atoms with van der Waals surface area (Å²) in [5.74, 6) is -9.27. The molecule has 1 saturated carbocycles. The lowest BCUT2D eigenvalue weighted by atomic mass is 10.1. The van der Waals surface area contributed by atoms with Gasteiger partial charge in [0.25, 0.3) is 5.91 Å². The maximum absolute atomic E-state index is 13.9. The summed E-state index contributed by atoms with van der Waals surface area (Å²) in [5, 5.41) is 2.90. The molecule has 1 aromatic rings. The van der Waals surface area contributed by atoms with E-state index in [0.29, 0.717) is 12.1 Å². The fraction of sp³-hybridized carbons (Fsp3) is 0.429. The lowest BCUT2D eigenvalue weighted by Crippen LogP contribution is -2.46. The maximum atomic E-state index is 13.9. The molecule has 0 radical (unpaired) electrons. The number of hydrogen-bond donors (Lipinski definition) is 2. The van der Waals surface area contributed by atoms with E-state index in [4.69, 9.17) is 34.8 Å². The van der Waals surface area contributed by atoms with Crippen molar-refractivity contribution in [2.24, 2.45) is 5.92 Å². The number of anilines is 1. The SMILES string of the molecule is O=C(NCC(F)(F)C(F)(F)F)c1cc(NC(=O)C2CC2(Cl)Cl)c(F)cc1Cl. The number of halogens is 9. The molecule has 150 valence electrons. The van der Waals surface area contributed by atoms with E-state index in [1.165, 1.54) is 5.32 Å². The Morgan fingerprint density at radius 3 is 2.22 bits per heavy atom. The number of amides is 2. The van der Waals surface area contributed by atoms with Crippen LogP contribution in [0.3, 0.4) is 0 Å². The molecule has 1 aliphatic rings. The molecule has 1 aromatic carbocycles. The number of carbonyl (C=O) groups excluding carboxylic acids is 2. The number of nitrogens with one attached hydrogen (secondary N) is 2. The van der Waals surface area contributed by atoms with Gasteiger partial charge in [-0.25, -0.2) is 4.39 Å². The van der Waals surface area contributed by atoms with Gasteiger partial charge in [0.1, 0.15) is 10.2 Å². The number of hydrogen-bond acceptors (Lipinski definition) is 2. The molecule has 0 saturated heterocycles. The predicted octanol–water partition coefficient (Wildman–Crippen LogP) is 4.54. The van der Waals surface area contributed by atoms with E-state index >= 15 is 0 Å². The summed E-state index contributed by atoms with van der Waals surface area (Å²) in [4.78, 5) is 23.7. The molecule has 4 nitrogen and oxygen atoms in total. The quantitative estimate of drug-likeness (QED) is 0.504. The monoisotopic (exact) mass is 456 g/mol. The summed E-state index contributed by atoms with van der Waals surface area (Å²) in [6.07, 6.45) is -5.76. The van der Waals surface area contributed by atoms with Gasteiger partial charge in [0.2, 0.25) is 5.91 Å². The van der Waals surface area contributed by atoms with Gasteiger partial charge in [0.05, 0.1) is 28.7 Å². The van der Waals surface area contributed by atoms with Crippen LogP contribution >= 0.6 is 34.8 Å². The third kappa shape index (κ3) is 4.91. The van der Waals surface area contributed by atoms with Crippen molar-refractivity contribution >= 4 is 52.3 Å². The van der Waals surface area contributed by atoms with Gasteiger partial charge in [-0.3, -0.25) is 9.59 Å². The first kappa shape index (κ1) is 21.9. The molecule has 1 atom stereocenters. The lowest BCUT2D eigenvalue weighted by Gasteiger charge is -2.20. The van der Waals surface area contributed by atoms with Crippen LogP contribution < -0.4 is 10.6 Å². The standard InChI is InChI=1S/C14H9Cl3F6N2O2/c15-7-2-8(18)9(25-11(27)6-3-12(6,16)17)1-5(7)10(26)24-4-13(19,20)14(21,22)23/h1-2,6H,3-4H2,(H,24,26)(H,25,27).